The Balaban J connectivity index is 1.90. The number of halogens is 6. The zero-order valence-corrected chi connectivity index (χ0v) is 22.5. The first-order valence-corrected chi connectivity index (χ1v) is 12.3. The first kappa shape index (κ1) is 29.5. The molecule has 0 bridgehead atoms. The van der Waals surface area contributed by atoms with Gasteiger partial charge in [-0.25, -0.2) is 22.9 Å². The normalized spacial score (nSPS) is 11.8. The lowest BCUT2D eigenvalue weighted by Crippen LogP contribution is -2.14. The maximum absolute atomic E-state index is 14.7. The van der Waals surface area contributed by atoms with E-state index in [0.29, 0.717) is 12.1 Å². The molecule has 0 amide bonds. The summed E-state index contributed by atoms with van der Waals surface area (Å²) in [5, 5.41) is 0. The van der Waals surface area contributed by atoms with Gasteiger partial charge in [0.1, 0.15) is 17.9 Å². The number of nitrogens with zero attached hydrogens (tertiary/aromatic N) is 3. The zero-order valence-electron chi connectivity index (χ0n) is 22.5. The van der Waals surface area contributed by atoms with Crippen molar-refractivity contribution >= 4 is 34.6 Å². The molecule has 0 aliphatic carbocycles. The number of ketones is 1. The van der Waals surface area contributed by atoms with E-state index in [0.717, 1.165) is 23.6 Å². The number of carbonyl (C=O) groups is 3. The Kier molecular flexibility index (Phi) is 7.34. The van der Waals surface area contributed by atoms with Crippen LogP contribution < -0.4 is 0 Å². The molecule has 0 saturated carbocycles. The van der Waals surface area contributed by atoms with Crippen molar-refractivity contribution < 1.29 is 50.2 Å². The van der Waals surface area contributed by atoms with Crippen molar-refractivity contribution in [2.75, 3.05) is 14.2 Å². The zero-order chi connectivity index (χ0) is 31.4. The summed E-state index contributed by atoms with van der Waals surface area (Å²) in [6.07, 6.45) is -3.54. The highest BCUT2D eigenvalue weighted by molar-refractivity contribution is 6.14. The predicted molar refractivity (Wildman–Crippen MR) is 139 cm³/mol. The summed E-state index contributed by atoms with van der Waals surface area (Å²) in [7, 11) is 3.78. The van der Waals surface area contributed by atoms with Crippen LogP contribution in [0.15, 0.2) is 42.6 Å². The van der Waals surface area contributed by atoms with Gasteiger partial charge in [-0.3, -0.25) is 9.59 Å². The molecule has 5 rings (SSSR count). The highest BCUT2D eigenvalue weighted by atomic mass is 19.4. The van der Waals surface area contributed by atoms with Gasteiger partial charge < -0.3 is 18.4 Å². The van der Waals surface area contributed by atoms with E-state index in [2.05, 4.69) is 4.98 Å². The average molecular weight is 603 g/mol. The number of imidazole rings is 1. The molecule has 0 aliphatic heterocycles. The summed E-state index contributed by atoms with van der Waals surface area (Å²) in [4.78, 5) is 43.0. The van der Waals surface area contributed by atoms with Crippen molar-refractivity contribution in [2.24, 2.45) is 7.05 Å². The largest absolute Gasteiger partial charge is 0.465 e. The molecule has 2 aromatic carbocycles. The second kappa shape index (κ2) is 10.7. The topological polar surface area (TPSA) is 91.9 Å². The van der Waals surface area contributed by atoms with Gasteiger partial charge in [0, 0.05) is 42.6 Å². The second-order valence-electron chi connectivity index (χ2n) is 9.38. The number of aromatic nitrogens is 3. The van der Waals surface area contributed by atoms with Crippen LogP contribution in [0.3, 0.4) is 0 Å². The van der Waals surface area contributed by atoms with Crippen LogP contribution >= 0.6 is 0 Å². The molecule has 3 heterocycles. The van der Waals surface area contributed by atoms with Crippen LogP contribution in [0.4, 0.5) is 26.3 Å². The van der Waals surface area contributed by atoms with E-state index in [1.165, 1.54) is 37.1 Å². The number of methoxy groups -OCH3 is 2. The van der Waals surface area contributed by atoms with Crippen LogP contribution in [0.2, 0.25) is 0 Å². The van der Waals surface area contributed by atoms with E-state index in [-0.39, 0.29) is 52.1 Å². The number of hydrogen-bond acceptors (Lipinski definition) is 6. The molecule has 14 heteroatoms. The first-order valence-electron chi connectivity index (χ1n) is 12.3. The van der Waals surface area contributed by atoms with Gasteiger partial charge in [-0.1, -0.05) is 6.07 Å². The summed E-state index contributed by atoms with van der Waals surface area (Å²) in [6.45, 7) is -0.0951. The van der Waals surface area contributed by atoms with E-state index >= 15 is 0 Å². The van der Waals surface area contributed by atoms with E-state index in [9.17, 15) is 40.7 Å². The van der Waals surface area contributed by atoms with Crippen LogP contribution in [0.5, 0.6) is 0 Å². The Bertz CT molecular complexity index is 1950. The molecule has 0 radical (unpaired) electrons. The lowest BCUT2D eigenvalue weighted by molar-refractivity contribution is -0.137. The minimum absolute atomic E-state index is 0.0577. The quantitative estimate of drug-likeness (QED) is 0.0756. The van der Waals surface area contributed by atoms with Crippen molar-refractivity contribution in [2.45, 2.75) is 12.8 Å². The Morgan fingerprint density at radius 3 is 2.30 bits per heavy atom. The summed E-state index contributed by atoms with van der Waals surface area (Å²) in [6, 6.07) is 5.17. The van der Waals surface area contributed by atoms with Gasteiger partial charge in [0.2, 0.25) is 5.78 Å². The van der Waals surface area contributed by atoms with Crippen molar-refractivity contribution in [1.29, 1.82) is 0 Å². The molecule has 3 aromatic heterocycles. The SMILES string of the molecule is COCc1nc2c(C(=O)OC)c(-c3cccn4c(C(=O)c5cc(F)c(F)c(F)c5)cc(C=O)c34)c(C(F)(F)F)cc2n1C. The number of rotatable bonds is 7. The summed E-state index contributed by atoms with van der Waals surface area (Å²) < 4.78 is 97.8. The molecular formula is C29H19F6N3O5. The molecule has 222 valence electrons. The highest BCUT2D eigenvalue weighted by Gasteiger charge is 2.39. The number of benzene rings is 2. The number of carbonyl (C=O) groups excluding carboxylic acids is 3. The van der Waals surface area contributed by atoms with Crippen LogP contribution in [-0.2, 0) is 29.3 Å². The smallest absolute Gasteiger partial charge is 0.417 e. The molecule has 0 N–H and O–H groups in total. The maximum atomic E-state index is 14.7. The minimum Gasteiger partial charge on any atom is -0.465 e. The van der Waals surface area contributed by atoms with E-state index in [1.54, 1.807) is 0 Å². The Labute approximate surface area is 238 Å². The Morgan fingerprint density at radius 2 is 1.72 bits per heavy atom. The number of alkyl halides is 3. The standard InChI is InChI=1S/C29H19F6N3O5/c1-37-19-10-16(29(33,34)35)22(23(28(41)43-3)25(19)36-21(37)12-42-2)15-5-4-6-38-20(9-14(11-39)26(15)38)27(40)13-7-17(30)24(32)18(31)8-13/h4-11H,12H2,1-3H3. The molecular weight excluding hydrogens is 584 g/mol. The highest BCUT2D eigenvalue weighted by Crippen LogP contribution is 2.44. The molecule has 0 spiro atoms. The summed E-state index contributed by atoms with van der Waals surface area (Å²) >= 11 is 0. The molecule has 0 unspecified atom stereocenters. The van der Waals surface area contributed by atoms with Crippen molar-refractivity contribution in [3.8, 4) is 11.1 Å². The van der Waals surface area contributed by atoms with Crippen LogP contribution in [0, 0.1) is 17.5 Å². The van der Waals surface area contributed by atoms with Crippen molar-refractivity contribution in [1.82, 2.24) is 14.0 Å². The lowest BCUT2D eigenvalue weighted by Gasteiger charge is -2.19. The minimum atomic E-state index is -5.04. The fourth-order valence-corrected chi connectivity index (χ4v) is 5.02. The Morgan fingerprint density at radius 1 is 1.05 bits per heavy atom. The lowest BCUT2D eigenvalue weighted by atomic mass is 9.91. The number of aryl methyl sites for hydroxylation is 1. The third-order valence-electron chi connectivity index (χ3n) is 6.93. The number of fused-ring (bicyclic) bond motifs is 2. The van der Waals surface area contributed by atoms with Gasteiger partial charge in [-0.15, -0.1) is 0 Å². The molecule has 0 aliphatic rings. The van der Waals surface area contributed by atoms with Gasteiger partial charge >= 0.3 is 12.1 Å². The number of hydrogen-bond donors (Lipinski definition) is 0. The second-order valence-corrected chi connectivity index (χ2v) is 9.38. The molecule has 0 saturated heterocycles. The van der Waals surface area contributed by atoms with Gasteiger partial charge in [0.25, 0.3) is 0 Å². The average Bonchev–Trinajstić information content (AvgIpc) is 3.51. The monoisotopic (exact) mass is 603 g/mol. The maximum Gasteiger partial charge on any atom is 0.417 e. The third kappa shape index (κ3) is 4.73. The van der Waals surface area contributed by atoms with E-state index in [1.807, 2.05) is 0 Å². The Hall–Kier alpha value is -4.98. The van der Waals surface area contributed by atoms with Crippen molar-refractivity contribution in [3.63, 3.8) is 0 Å². The summed E-state index contributed by atoms with van der Waals surface area (Å²) in [5.74, 6) is -7.12. The first-order chi connectivity index (χ1) is 20.3. The number of aldehydes is 1. The third-order valence-corrected chi connectivity index (χ3v) is 6.93. The molecule has 43 heavy (non-hydrogen) atoms. The van der Waals surface area contributed by atoms with E-state index < -0.39 is 57.6 Å². The fraction of sp³-hybridized carbons (Fsp3) is 0.172. The predicted octanol–water partition coefficient (Wildman–Crippen LogP) is 5.91. The van der Waals surface area contributed by atoms with Crippen LogP contribution in [-0.4, -0.2) is 46.2 Å². The molecule has 0 atom stereocenters. The van der Waals surface area contributed by atoms with Crippen molar-refractivity contribution in [3.05, 3.63) is 93.8 Å². The van der Waals surface area contributed by atoms with Crippen LogP contribution in [0.25, 0.3) is 27.7 Å². The van der Waals surface area contributed by atoms with Gasteiger partial charge in [0.05, 0.1) is 35.0 Å². The molecule has 5 aromatic rings. The van der Waals surface area contributed by atoms with Crippen LogP contribution in [0.1, 0.15) is 48.2 Å². The number of pyridine rings is 1. The van der Waals surface area contributed by atoms with Gasteiger partial charge in [-0.2, -0.15) is 13.2 Å². The number of esters is 1. The summed E-state index contributed by atoms with van der Waals surface area (Å²) in [5.41, 5.74) is -4.52. The molecule has 8 nitrogen and oxygen atoms in total. The fourth-order valence-electron chi connectivity index (χ4n) is 5.02. The van der Waals surface area contributed by atoms with E-state index in [4.69, 9.17) is 9.47 Å². The van der Waals surface area contributed by atoms with Gasteiger partial charge in [0.15, 0.2) is 23.7 Å². The van der Waals surface area contributed by atoms with Gasteiger partial charge in [-0.05, 0) is 30.3 Å². The number of ether oxygens (including phenoxy) is 2. The molecule has 0 fully saturated rings.